The predicted molar refractivity (Wildman–Crippen MR) is 89.6 cm³/mol. The highest BCUT2D eigenvalue weighted by Gasteiger charge is 2.30. The van der Waals surface area contributed by atoms with Crippen molar-refractivity contribution in [2.24, 2.45) is 0 Å². The van der Waals surface area contributed by atoms with Crippen LogP contribution in [0.25, 0.3) is 0 Å². The zero-order valence-electron chi connectivity index (χ0n) is 13.7. The van der Waals surface area contributed by atoms with Crippen LogP contribution in [0.3, 0.4) is 0 Å². The number of ether oxygens (including phenoxy) is 1. The minimum absolute atomic E-state index is 0.0141. The van der Waals surface area contributed by atoms with Crippen LogP contribution >= 0.6 is 0 Å². The van der Waals surface area contributed by atoms with Gasteiger partial charge in [-0.05, 0) is 48.9 Å². The van der Waals surface area contributed by atoms with Crippen LogP contribution in [-0.2, 0) is 17.4 Å². The number of rotatable bonds is 7. The van der Waals surface area contributed by atoms with Crippen LogP contribution in [0.4, 0.5) is 18.9 Å². The first-order chi connectivity index (χ1) is 11.9. The Hall–Kier alpha value is -2.54. The average molecular weight is 352 g/mol. The topological polar surface area (TPSA) is 50.4 Å². The van der Waals surface area contributed by atoms with Crippen LogP contribution in [0.5, 0.6) is 5.75 Å². The molecule has 0 aliphatic heterocycles. The fourth-order valence-electron chi connectivity index (χ4n) is 2.24. The van der Waals surface area contributed by atoms with E-state index in [4.69, 9.17) is 4.74 Å². The molecule has 0 unspecified atom stereocenters. The van der Waals surface area contributed by atoms with E-state index in [1.165, 1.54) is 12.1 Å². The van der Waals surface area contributed by atoms with Gasteiger partial charge in [0.05, 0.1) is 19.2 Å². The number of methoxy groups -OCH3 is 1. The molecule has 2 N–H and O–H groups in total. The fourth-order valence-corrected chi connectivity index (χ4v) is 2.24. The van der Waals surface area contributed by atoms with Gasteiger partial charge in [0, 0.05) is 5.69 Å². The quantitative estimate of drug-likeness (QED) is 0.750. The van der Waals surface area contributed by atoms with Crippen LogP contribution < -0.4 is 15.4 Å². The van der Waals surface area contributed by atoms with Gasteiger partial charge in [0.25, 0.3) is 0 Å². The van der Waals surface area contributed by atoms with Crippen LogP contribution in [0.15, 0.2) is 48.5 Å². The highest BCUT2D eigenvalue weighted by atomic mass is 19.4. The lowest BCUT2D eigenvalue weighted by Crippen LogP contribution is -2.29. The van der Waals surface area contributed by atoms with Gasteiger partial charge in [0.1, 0.15) is 5.75 Å². The van der Waals surface area contributed by atoms with Crippen molar-refractivity contribution in [3.05, 3.63) is 59.7 Å². The predicted octanol–water partition coefficient (Wildman–Crippen LogP) is 3.48. The van der Waals surface area contributed by atoms with Crippen LogP contribution in [0, 0.1) is 0 Å². The molecule has 1 amide bonds. The number of benzene rings is 2. The van der Waals surface area contributed by atoms with E-state index < -0.39 is 17.6 Å². The monoisotopic (exact) mass is 352 g/mol. The number of anilines is 1. The summed E-state index contributed by atoms with van der Waals surface area (Å²) in [4.78, 5) is 11.8. The zero-order chi connectivity index (χ0) is 18.3. The number of carbonyl (C=O) groups excluding carboxylic acids is 1. The second-order valence-corrected chi connectivity index (χ2v) is 5.41. The van der Waals surface area contributed by atoms with Gasteiger partial charge >= 0.3 is 6.18 Å². The van der Waals surface area contributed by atoms with Crippen molar-refractivity contribution in [2.75, 3.05) is 25.5 Å². The van der Waals surface area contributed by atoms with E-state index in [1.807, 2.05) is 24.3 Å². The van der Waals surface area contributed by atoms with E-state index in [1.54, 1.807) is 7.11 Å². The molecule has 134 valence electrons. The van der Waals surface area contributed by atoms with Gasteiger partial charge in [0.2, 0.25) is 5.91 Å². The summed E-state index contributed by atoms with van der Waals surface area (Å²) >= 11 is 0. The largest absolute Gasteiger partial charge is 0.497 e. The molecule has 0 aliphatic carbocycles. The Morgan fingerprint density at radius 3 is 2.60 bits per heavy atom. The molecule has 0 spiro atoms. The normalized spacial score (nSPS) is 11.2. The van der Waals surface area contributed by atoms with Gasteiger partial charge in [-0.15, -0.1) is 0 Å². The lowest BCUT2D eigenvalue weighted by Gasteiger charge is -2.10. The van der Waals surface area contributed by atoms with Crippen molar-refractivity contribution in [1.29, 1.82) is 0 Å². The molecule has 2 aromatic rings. The molecule has 0 radical (unpaired) electrons. The second kappa shape index (κ2) is 8.53. The first-order valence-corrected chi connectivity index (χ1v) is 7.69. The van der Waals surface area contributed by atoms with Crippen molar-refractivity contribution in [3.8, 4) is 5.75 Å². The Kier molecular flexibility index (Phi) is 6.41. The van der Waals surface area contributed by atoms with E-state index in [2.05, 4.69) is 10.6 Å². The second-order valence-electron chi connectivity index (χ2n) is 5.41. The number of amides is 1. The molecule has 0 aromatic heterocycles. The Labute approximate surface area is 144 Å². The maximum absolute atomic E-state index is 12.6. The van der Waals surface area contributed by atoms with E-state index in [0.29, 0.717) is 13.0 Å². The maximum atomic E-state index is 12.6. The molecular weight excluding hydrogens is 333 g/mol. The first-order valence-electron chi connectivity index (χ1n) is 7.69. The molecule has 0 heterocycles. The lowest BCUT2D eigenvalue weighted by molar-refractivity contribution is -0.137. The van der Waals surface area contributed by atoms with Gasteiger partial charge in [0.15, 0.2) is 0 Å². The molecule has 0 fully saturated rings. The molecule has 0 aliphatic rings. The third kappa shape index (κ3) is 6.11. The summed E-state index contributed by atoms with van der Waals surface area (Å²) in [5, 5.41) is 5.41. The van der Waals surface area contributed by atoms with Gasteiger partial charge < -0.3 is 15.4 Å². The number of halogens is 3. The summed E-state index contributed by atoms with van der Waals surface area (Å²) in [5.74, 6) is 0.366. The van der Waals surface area contributed by atoms with Crippen molar-refractivity contribution >= 4 is 11.6 Å². The highest BCUT2D eigenvalue weighted by Crippen LogP contribution is 2.30. The van der Waals surface area contributed by atoms with Crippen LogP contribution in [0.2, 0.25) is 0 Å². The summed E-state index contributed by atoms with van der Waals surface area (Å²) in [6.45, 7) is 0.573. The van der Waals surface area contributed by atoms with E-state index in [9.17, 15) is 18.0 Å². The number of alkyl halides is 3. The molecule has 0 atom stereocenters. The van der Waals surface area contributed by atoms with Crippen LogP contribution in [-0.4, -0.2) is 26.1 Å². The maximum Gasteiger partial charge on any atom is 0.416 e. The molecule has 0 saturated heterocycles. The minimum atomic E-state index is -4.43. The van der Waals surface area contributed by atoms with Crippen molar-refractivity contribution < 1.29 is 22.7 Å². The minimum Gasteiger partial charge on any atom is -0.497 e. The van der Waals surface area contributed by atoms with E-state index in [0.717, 1.165) is 23.4 Å². The molecule has 25 heavy (non-hydrogen) atoms. The van der Waals surface area contributed by atoms with Gasteiger partial charge in [-0.2, -0.15) is 13.2 Å². The molecule has 0 bridgehead atoms. The molecular formula is C18H19F3N2O2. The number of hydrogen-bond acceptors (Lipinski definition) is 3. The Morgan fingerprint density at radius 2 is 1.88 bits per heavy atom. The summed E-state index contributed by atoms with van der Waals surface area (Å²) in [5.41, 5.74) is 0.385. The van der Waals surface area contributed by atoms with Gasteiger partial charge in [-0.3, -0.25) is 4.79 Å². The third-order valence-electron chi connectivity index (χ3n) is 3.48. The summed E-state index contributed by atoms with van der Waals surface area (Å²) in [6.07, 6.45) is -3.73. The molecule has 4 nitrogen and oxygen atoms in total. The summed E-state index contributed by atoms with van der Waals surface area (Å²) in [6, 6.07) is 12.1. The standard InChI is InChI=1S/C18H19F3N2O2/c1-25-16-7-2-4-13(10-16)8-9-22-12-17(24)23-15-6-3-5-14(11-15)18(19,20)21/h2-7,10-11,22H,8-9,12H2,1H3,(H,23,24). The van der Waals surface area contributed by atoms with Gasteiger partial charge in [-0.1, -0.05) is 18.2 Å². The average Bonchev–Trinajstić information content (AvgIpc) is 2.58. The van der Waals surface area contributed by atoms with Crippen LogP contribution in [0.1, 0.15) is 11.1 Å². The molecule has 2 aromatic carbocycles. The number of nitrogens with one attached hydrogen (secondary N) is 2. The van der Waals surface area contributed by atoms with Gasteiger partial charge in [-0.25, -0.2) is 0 Å². The number of carbonyl (C=O) groups is 1. The van der Waals surface area contributed by atoms with E-state index >= 15 is 0 Å². The summed E-state index contributed by atoms with van der Waals surface area (Å²) in [7, 11) is 1.59. The zero-order valence-corrected chi connectivity index (χ0v) is 13.7. The number of hydrogen-bond donors (Lipinski definition) is 2. The van der Waals surface area contributed by atoms with E-state index in [-0.39, 0.29) is 12.2 Å². The summed E-state index contributed by atoms with van der Waals surface area (Å²) < 4.78 is 43.0. The highest BCUT2D eigenvalue weighted by molar-refractivity contribution is 5.92. The molecule has 0 saturated carbocycles. The lowest BCUT2D eigenvalue weighted by atomic mass is 10.1. The Balaban J connectivity index is 1.77. The Bertz CT molecular complexity index is 717. The van der Waals surface area contributed by atoms with Crippen molar-refractivity contribution in [2.45, 2.75) is 12.6 Å². The molecule has 2 rings (SSSR count). The Morgan fingerprint density at radius 1 is 1.12 bits per heavy atom. The molecule has 7 heteroatoms. The smallest absolute Gasteiger partial charge is 0.416 e. The van der Waals surface area contributed by atoms with Crippen molar-refractivity contribution in [3.63, 3.8) is 0 Å². The third-order valence-corrected chi connectivity index (χ3v) is 3.48. The first kappa shape index (κ1) is 18.8. The fraction of sp³-hybridized carbons (Fsp3) is 0.278. The van der Waals surface area contributed by atoms with Crippen molar-refractivity contribution in [1.82, 2.24) is 5.32 Å². The SMILES string of the molecule is COc1cccc(CCNCC(=O)Nc2cccc(C(F)(F)F)c2)c1.